The fourth-order valence-corrected chi connectivity index (χ4v) is 2.14. The largest absolute Gasteiger partial charge is 0.342 e. The minimum atomic E-state index is -0.176. The fraction of sp³-hybridized carbons (Fsp3) is 0.400. The molecule has 0 aliphatic rings. The molecule has 0 spiro atoms. The topological polar surface area (TPSA) is 59.8 Å². The minimum Gasteiger partial charge on any atom is -0.342 e. The van der Waals surface area contributed by atoms with Gasteiger partial charge in [-0.15, -0.1) is 10.2 Å². The van der Waals surface area contributed by atoms with E-state index in [0.29, 0.717) is 5.56 Å². The number of carbonyl (C=O) groups is 1. The summed E-state index contributed by atoms with van der Waals surface area (Å²) >= 11 is 0. The second-order valence-electron chi connectivity index (χ2n) is 4.94. The molecule has 106 valence electrons. The zero-order chi connectivity index (χ0) is 14.5. The Morgan fingerprint density at radius 2 is 2.05 bits per heavy atom. The molecule has 5 heteroatoms. The van der Waals surface area contributed by atoms with Crippen LogP contribution in [0.3, 0.4) is 0 Å². The summed E-state index contributed by atoms with van der Waals surface area (Å²) in [5, 5.41) is 10.7. The third kappa shape index (κ3) is 3.23. The predicted molar refractivity (Wildman–Crippen MR) is 77.3 cm³/mol. The molecule has 5 nitrogen and oxygen atoms in total. The zero-order valence-corrected chi connectivity index (χ0v) is 12.1. The van der Waals surface area contributed by atoms with E-state index in [1.54, 1.807) is 10.9 Å². The summed E-state index contributed by atoms with van der Waals surface area (Å²) < 4.78 is 1.80. The standard InChI is InChI=1S/C15H20N4O/c1-4-5-12-6-8-13(9-7-12)15(20)17-11(2)14-18-16-10-19(14)3/h6-11H,4-5H2,1-3H3,(H,17,20)/t11-/m0/s1. The summed E-state index contributed by atoms with van der Waals surface area (Å²) in [7, 11) is 1.86. The highest BCUT2D eigenvalue weighted by molar-refractivity contribution is 5.94. The number of rotatable bonds is 5. The molecule has 2 rings (SSSR count). The molecule has 1 amide bonds. The van der Waals surface area contributed by atoms with E-state index in [-0.39, 0.29) is 11.9 Å². The summed E-state index contributed by atoms with van der Waals surface area (Å²) in [4.78, 5) is 12.2. The van der Waals surface area contributed by atoms with Crippen molar-refractivity contribution in [1.29, 1.82) is 0 Å². The number of hydrogen-bond acceptors (Lipinski definition) is 3. The summed E-state index contributed by atoms with van der Waals surface area (Å²) in [5.74, 6) is 0.643. The lowest BCUT2D eigenvalue weighted by Gasteiger charge is -2.13. The van der Waals surface area contributed by atoms with Gasteiger partial charge in [0.2, 0.25) is 0 Å². The van der Waals surface area contributed by atoms with Crippen molar-refractivity contribution in [3.05, 3.63) is 47.5 Å². The van der Waals surface area contributed by atoms with Gasteiger partial charge in [-0.3, -0.25) is 4.79 Å². The Kier molecular flexibility index (Phi) is 4.50. The van der Waals surface area contributed by atoms with Crippen LogP contribution in [0.15, 0.2) is 30.6 Å². The molecular formula is C15H20N4O. The van der Waals surface area contributed by atoms with Crippen molar-refractivity contribution in [2.24, 2.45) is 7.05 Å². The van der Waals surface area contributed by atoms with E-state index in [2.05, 4.69) is 22.4 Å². The lowest BCUT2D eigenvalue weighted by atomic mass is 10.1. The number of nitrogens with one attached hydrogen (secondary N) is 1. The maximum absolute atomic E-state index is 12.2. The van der Waals surface area contributed by atoms with Gasteiger partial charge in [-0.2, -0.15) is 0 Å². The molecule has 0 aliphatic carbocycles. The molecule has 0 saturated heterocycles. The summed E-state index contributed by atoms with van der Waals surface area (Å²) in [6, 6.07) is 7.56. The van der Waals surface area contributed by atoms with Crippen molar-refractivity contribution in [2.45, 2.75) is 32.7 Å². The molecule has 0 unspecified atom stereocenters. The van der Waals surface area contributed by atoms with Gasteiger partial charge in [-0.1, -0.05) is 25.5 Å². The van der Waals surface area contributed by atoms with E-state index in [4.69, 9.17) is 0 Å². The van der Waals surface area contributed by atoms with Crippen molar-refractivity contribution in [3.8, 4) is 0 Å². The van der Waals surface area contributed by atoms with Crippen LogP contribution in [-0.2, 0) is 13.5 Å². The van der Waals surface area contributed by atoms with Gasteiger partial charge in [-0.25, -0.2) is 0 Å². The second kappa shape index (κ2) is 6.32. The molecule has 1 aromatic carbocycles. The van der Waals surface area contributed by atoms with E-state index in [1.165, 1.54) is 5.56 Å². The van der Waals surface area contributed by atoms with Crippen LogP contribution in [0.25, 0.3) is 0 Å². The third-order valence-corrected chi connectivity index (χ3v) is 3.24. The second-order valence-corrected chi connectivity index (χ2v) is 4.94. The first-order valence-corrected chi connectivity index (χ1v) is 6.85. The van der Waals surface area contributed by atoms with Gasteiger partial charge in [0.15, 0.2) is 5.82 Å². The lowest BCUT2D eigenvalue weighted by molar-refractivity contribution is 0.0938. The Hall–Kier alpha value is -2.17. The zero-order valence-electron chi connectivity index (χ0n) is 12.1. The van der Waals surface area contributed by atoms with E-state index in [9.17, 15) is 4.79 Å². The summed E-state index contributed by atoms with van der Waals surface area (Å²) in [6.07, 6.45) is 3.77. The van der Waals surface area contributed by atoms with Crippen LogP contribution in [-0.4, -0.2) is 20.7 Å². The molecule has 0 aliphatic heterocycles. The maximum atomic E-state index is 12.2. The van der Waals surface area contributed by atoms with Gasteiger partial charge in [0.25, 0.3) is 5.91 Å². The SMILES string of the molecule is CCCc1ccc(C(=O)N[C@@H](C)c2nncn2C)cc1. The highest BCUT2D eigenvalue weighted by atomic mass is 16.1. The van der Waals surface area contributed by atoms with Crippen LogP contribution in [0.5, 0.6) is 0 Å². The number of amides is 1. The van der Waals surface area contributed by atoms with Crippen LogP contribution in [0.2, 0.25) is 0 Å². The minimum absolute atomic E-state index is 0.0939. The smallest absolute Gasteiger partial charge is 0.251 e. The Bertz CT molecular complexity index is 574. The average Bonchev–Trinajstić information content (AvgIpc) is 2.86. The van der Waals surface area contributed by atoms with E-state index >= 15 is 0 Å². The fourth-order valence-electron chi connectivity index (χ4n) is 2.14. The number of hydrogen-bond donors (Lipinski definition) is 1. The van der Waals surface area contributed by atoms with Gasteiger partial charge in [0.1, 0.15) is 6.33 Å². The van der Waals surface area contributed by atoms with E-state index in [0.717, 1.165) is 18.7 Å². The molecule has 1 N–H and O–H groups in total. The molecule has 0 radical (unpaired) electrons. The summed E-state index contributed by atoms with van der Waals surface area (Å²) in [5.41, 5.74) is 1.92. The maximum Gasteiger partial charge on any atom is 0.251 e. The summed E-state index contributed by atoms with van der Waals surface area (Å²) in [6.45, 7) is 4.04. The number of benzene rings is 1. The van der Waals surface area contributed by atoms with Crippen molar-refractivity contribution < 1.29 is 4.79 Å². The Labute approximate surface area is 119 Å². The van der Waals surface area contributed by atoms with Crippen LogP contribution in [0, 0.1) is 0 Å². The number of carbonyl (C=O) groups excluding carboxylic acids is 1. The number of aryl methyl sites for hydroxylation is 2. The molecular weight excluding hydrogens is 252 g/mol. The Morgan fingerprint density at radius 3 is 2.60 bits per heavy atom. The molecule has 0 fully saturated rings. The predicted octanol–water partition coefficient (Wildman–Crippen LogP) is 2.26. The van der Waals surface area contributed by atoms with Crippen LogP contribution >= 0.6 is 0 Å². The molecule has 0 saturated carbocycles. The van der Waals surface area contributed by atoms with Crippen molar-refractivity contribution in [1.82, 2.24) is 20.1 Å². The van der Waals surface area contributed by atoms with Crippen molar-refractivity contribution >= 4 is 5.91 Å². The number of aromatic nitrogens is 3. The first-order valence-electron chi connectivity index (χ1n) is 6.85. The first kappa shape index (κ1) is 14.2. The quantitative estimate of drug-likeness (QED) is 0.908. The van der Waals surface area contributed by atoms with Gasteiger partial charge >= 0.3 is 0 Å². The highest BCUT2D eigenvalue weighted by Crippen LogP contribution is 2.11. The molecule has 1 heterocycles. The van der Waals surface area contributed by atoms with Gasteiger partial charge in [-0.05, 0) is 31.0 Å². The van der Waals surface area contributed by atoms with E-state index in [1.807, 2.05) is 38.2 Å². The average molecular weight is 272 g/mol. The van der Waals surface area contributed by atoms with Crippen LogP contribution in [0.1, 0.15) is 48.1 Å². The number of nitrogens with zero attached hydrogens (tertiary/aromatic N) is 3. The normalized spacial score (nSPS) is 12.2. The van der Waals surface area contributed by atoms with E-state index < -0.39 is 0 Å². The molecule has 1 aromatic heterocycles. The van der Waals surface area contributed by atoms with Crippen molar-refractivity contribution in [3.63, 3.8) is 0 Å². The molecule has 0 bridgehead atoms. The lowest BCUT2D eigenvalue weighted by Crippen LogP contribution is -2.28. The van der Waals surface area contributed by atoms with Crippen LogP contribution < -0.4 is 5.32 Å². The monoisotopic (exact) mass is 272 g/mol. The first-order chi connectivity index (χ1) is 9.61. The Morgan fingerprint density at radius 1 is 1.35 bits per heavy atom. The molecule has 2 aromatic rings. The van der Waals surface area contributed by atoms with Crippen molar-refractivity contribution in [2.75, 3.05) is 0 Å². The highest BCUT2D eigenvalue weighted by Gasteiger charge is 2.15. The third-order valence-electron chi connectivity index (χ3n) is 3.24. The van der Waals surface area contributed by atoms with Gasteiger partial charge < -0.3 is 9.88 Å². The Balaban J connectivity index is 2.03. The van der Waals surface area contributed by atoms with Crippen LogP contribution in [0.4, 0.5) is 0 Å². The van der Waals surface area contributed by atoms with Gasteiger partial charge in [0.05, 0.1) is 6.04 Å². The van der Waals surface area contributed by atoms with Gasteiger partial charge in [0, 0.05) is 12.6 Å². The molecule has 1 atom stereocenters. The molecule has 20 heavy (non-hydrogen) atoms.